The molecule has 11 heavy (non-hydrogen) atoms. The molecule has 1 rings (SSSR count). The van der Waals surface area contributed by atoms with Crippen molar-refractivity contribution in [3.05, 3.63) is 11.4 Å². The van der Waals surface area contributed by atoms with Crippen molar-refractivity contribution < 1.29 is 9.47 Å². The first-order chi connectivity index (χ1) is 5.20. The van der Waals surface area contributed by atoms with E-state index >= 15 is 0 Å². The predicted octanol–water partition coefficient (Wildman–Crippen LogP) is 1.51. The third-order valence-electron chi connectivity index (χ3n) is 2.34. The molecule has 62 valence electrons. The number of rotatable bonds is 1. The van der Waals surface area contributed by atoms with Crippen molar-refractivity contribution in [1.82, 2.24) is 0 Å². The second kappa shape index (κ2) is 3.21. The summed E-state index contributed by atoms with van der Waals surface area (Å²) < 4.78 is 10.4. The maximum atomic E-state index is 6.83. The Morgan fingerprint density at radius 2 is 2.00 bits per heavy atom. The third-order valence-corrected chi connectivity index (χ3v) is 2.34. The summed E-state index contributed by atoms with van der Waals surface area (Å²) in [5, 5.41) is 0. The van der Waals surface area contributed by atoms with Crippen molar-refractivity contribution in [2.24, 2.45) is 11.8 Å². The molecule has 0 radical (unpaired) electrons. The van der Waals surface area contributed by atoms with Gasteiger partial charge in [-0.1, -0.05) is 13.8 Å². The van der Waals surface area contributed by atoms with Crippen LogP contribution in [0.3, 0.4) is 0 Å². The van der Waals surface area contributed by atoms with E-state index in [1.54, 1.807) is 7.11 Å². The van der Waals surface area contributed by atoms with Gasteiger partial charge in [0.25, 0.3) is 0 Å². The third kappa shape index (κ3) is 1.37. The smallest absolute Gasteiger partial charge is 0.332 e. The van der Waals surface area contributed by atoms with E-state index in [1.807, 2.05) is 13.8 Å². The zero-order chi connectivity index (χ0) is 8.43. The van der Waals surface area contributed by atoms with Gasteiger partial charge in [-0.25, -0.2) is 6.57 Å². The van der Waals surface area contributed by atoms with Gasteiger partial charge in [0.05, 0.1) is 5.92 Å². The van der Waals surface area contributed by atoms with E-state index in [-0.39, 0.29) is 18.4 Å². The van der Waals surface area contributed by atoms with Crippen LogP contribution in [0, 0.1) is 18.4 Å². The SMILES string of the molecule is [C-]#[N+]C1OC(OC)C(C)C1C. The second-order valence-electron chi connectivity index (χ2n) is 2.98. The van der Waals surface area contributed by atoms with Crippen LogP contribution in [0.2, 0.25) is 0 Å². The predicted molar refractivity (Wildman–Crippen MR) is 40.6 cm³/mol. The molecular weight excluding hydrogens is 142 g/mol. The van der Waals surface area contributed by atoms with E-state index in [9.17, 15) is 0 Å². The molecule has 0 amide bonds. The van der Waals surface area contributed by atoms with E-state index in [0.717, 1.165) is 0 Å². The van der Waals surface area contributed by atoms with E-state index in [2.05, 4.69) is 4.85 Å². The first kappa shape index (κ1) is 8.51. The van der Waals surface area contributed by atoms with Gasteiger partial charge in [-0.15, -0.1) is 0 Å². The summed E-state index contributed by atoms with van der Waals surface area (Å²) >= 11 is 0. The lowest BCUT2D eigenvalue weighted by Crippen LogP contribution is -2.17. The number of hydrogen-bond donors (Lipinski definition) is 0. The Kier molecular flexibility index (Phi) is 2.48. The van der Waals surface area contributed by atoms with Crippen LogP contribution < -0.4 is 0 Å². The highest BCUT2D eigenvalue weighted by Gasteiger charge is 2.43. The minimum Gasteiger partial charge on any atom is -0.355 e. The molecule has 0 saturated carbocycles. The van der Waals surface area contributed by atoms with Gasteiger partial charge in [-0.05, 0) is 0 Å². The van der Waals surface area contributed by atoms with Crippen molar-refractivity contribution in [2.75, 3.05) is 7.11 Å². The van der Waals surface area contributed by atoms with Crippen LogP contribution in [0.4, 0.5) is 0 Å². The number of ether oxygens (including phenoxy) is 2. The minimum atomic E-state index is -0.310. The molecule has 3 heteroatoms. The zero-order valence-electron chi connectivity index (χ0n) is 7.07. The van der Waals surface area contributed by atoms with Gasteiger partial charge in [-0.3, -0.25) is 9.58 Å². The van der Waals surface area contributed by atoms with Crippen molar-refractivity contribution in [1.29, 1.82) is 0 Å². The van der Waals surface area contributed by atoms with Crippen molar-refractivity contribution in [3.63, 3.8) is 0 Å². The maximum absolute atomic E-state index is 6.83. The molecule has 1 saturated heterocycles. The van der Waals surface area contributed by atoms with Crippen LogP contribution in [0.5, 0.6) is 0 Å². The molecule has 0 aromatic carbocycles. The van der Waals surface area contributed by atoms with Gasteiger partial charge >= 0.3 is 6.23 Å². The molecule has 0 spiro atoms. The van der Waals surface area contributed by atoms with Crippen LogP contribution in [0.1, 0.15) is 13.8 Å². The fourth-order valence-corrected chi connectivity index (χ4v) is 1.31. The molecule has 0 aliphatic carbocycles. The van der Waals surface area contributed by atoms with Gasteiger partial charge in [0, 0.05) is 13.0 Å². The van der Waals surface area contributed by atoms with E-state index in [4.69, 9.17) is 16.0 Å². The Balaban J connectivity index is 2.62. The Morgan fingerprint density at radius 1 is 1.36 bits per heavy atom. The van der Waals surface area contributed by atoms with Gasteiger partial charge in [0.2, 0.25) is 0 Å². The van der Waals surface area contributed by atoms with E-state index in [0.29, 0.717) is 5.92 Å². The van der Waals surface area contributed by atoms with Crippen LogP contribution in [0.15, 0.2) is 0 Å². The van der Waals surface area contributed by atoms with Gasteiger partial charge in [0.1, 0.15) is 0 Å². The maximum Gasteiger partial charge on any atom is 0.332 e. The number of methoxy groups -OCH3 is 1. The molecule has 1 heterocycles. The fourth-order valence-electron chi connectivity index (χ4n) is 1.31. The van der Waals surface area contributed by atoms with Crippen LogP contribution in [0.25, 0.3) is 4.85 Å². The standard InChI is InChI=1S/C8H13NO2/c1-5-6(2)8(10-4)11-7(5)9-3/h5-8H,1-2,4H3. The normalized spacial score (nSPS) is 43.8. The Hall–Kier alpha value is -0.590. The quantitative estimate of drug-likeness (QED) is 0.535. The molecule has 4 atom stereocenters. The zero-order valence-corrected chi connectivity index (χ0v) is 7.07. The highest BCUT2D eigenvalue weighted by Crippen LogP contribution is 2.32. The number of hydrogen-bond acceptors (Lipinski definition) is 2. The Morgan fingerprint density at radius 3 is 2.27 bits per heavy atom. The summed E-state index contributed by atoms with van der Waals surface area (Å²) in [6.07, 6.45) is -0.501. The average Bonchev–Trinajstić information content (AvgIpc) is 2.30. The van der Waals surface area contributed by atoms with Crippen molar-refractivity contribution in [3.8, 4) is 0 Å². The lowest BCUT2D eigenvalue weighted by Gasteiger charge is -2.11. The lowest BCUT2D eigenvalue weighted by molar-refractivity contribution is -0.120. The molecule has 0 aromatic rings. The summed E-state index contributed by atoms with van der Waals surface area (Å²) in [4.78, 5) is 3.36. The van der Waals surface area contributed by atoms with E-state index in [1.165, 1.54) is 0 Å². The summed E-state index contributed by atoms with van der Waals surface area (Å²) in [7, 11) is 1.61. The van der Waals surface area contributed by atoms with Gasteiger partial charge in [-0.2, -0.15) is 0 Å². The van der Waals surface area contributed by atoms with Gasteiger partial charge in [0.15, 0.2) is 6.29 Å². The highest BCUT2D eigenvalue weighted by molar-refractivity contribution is 4.86. The van der Waals surface area contributed by atoms with E-state index < -0.39 is 0 Å². The van der Waals surface area contributed by atoms with Crippen molar-refractivity contribution >= 4 is 0 Å². The molecular formula is C8H13NO2. The molecule has 0 aromatic heterocycles. The average molecular weight is 155 g/mol. The molecule has 1 aliphatic rings. The fraction of sp³-hybridized carbons (Fsp3) is 0.875. The highest BCUT2D eigenvalue weighted by atomic mass is 16.7. The Labute approximate surface area is 67.1 Å². The summed E-state index contributed by atoms with van der Waals surface area (Å²) in [5.41, 5.74) is 0. The summed E-state index contributed by atoms with van der Waals surface area (Å²) in [6.45, 7) is 10.9. The van der Waals surface area contributed by atoms with Gasteiger partial charge < -0.3 is 4.74 Å². The molecule has 1 aliphatic heterocycles. The monoisotopic (exact) mass is 155 g/mol. The number of nitrogens with zero attached hydrogens (tertiary/aromatic N) is 1. The van der Waals surface area contributed by atoms with Crippen LogP contribution >= 0.6 is 0 Å². The lowest BCUT2D eigenvalue weighted by atomic mass is 9.97. The first-order valence-electron chi connectivity index (χ1n) is 3.75. The second-order valence-corrected chi connectivity index (χ2v) is 2.98. The molecule has 0 N–H and O–H groups in total. The Bertz CT molecular complexity index is 175. The minimum absolute atomic E-state index is 0.191. The summed E-state index contributed by atoms with van der Waals surface area (Å²) in [6, 6.07) is 0. The van der Waals surface area contributed by atoms with Crippen molar-refractivity contribution in [2.45, 2.75) is 26.4 Å². The molecule has 0 bridgehead atoms. The first-order valence-corrected chi connectivity index (χ1v) is 3.75. The molecule has 4 unspecified atom stereocenters. The molecule has 1 fully saturated rings. The topological polar surface area (TPSA) is 22.8 Å². The summed E-state index contributed by atoms with van der Waals surface area (Å²) in [5.74, 6) is 0.594. The largest absolute Gasteiger partial charge is 0.355 e. The molecule has 3 nitrogen and oxygen atoms in total. The van der Waals surface area contributed by atoms with Crippen LogP contribution in [-0.4, -0.2) is 19.6 Å². The van der Waals surface area contributed by atoms with Crippen LogP contribution in [-0.2, 0) is 9.47 Å².